The largest absolute Gasteiger partial charge is 0.445 e. The molecule has 0 saturated carbocycles. The molecule has 0 radical (unpaired) electrons. The van der Waals surface area contributed by atoms with Crippen LogP contribution in [0.1, 0.15) is 97.4 Å². The van der Waals surface area contributed by atoms with Gasteiger partial charge in [0.15, 0.2) is 0 Å². The van der Waals surface area contributed by atoms with E-state index in [2.05, 4.69) is 108 Å². The SMILES string of the molecule is C=CCOC(=O)N1CCC[C@H]1C(=O)N1CCC[C@H]1c1ncc(-c2ccc(-c3cc4ccc3CCc3ccc(c(-c5ccc(-c6cnc([C@@H]7CCCN7C(=O)[C@@H]7CCCN7C(=O)OCC=C)[nH]6)cc5)c3)CC4)cc2)[nH]1. The molecule has 14 rings (SSSR count). The molecule has 6 heterocycles. The van der Waals surface area contributed by atoms with Gasteiger partial charge in [0.25, 0.3) is 0 Å². The van der Waals surface area contributed by atoms with Gasteiger partial charge in [-0.2, -0.15) is 0 Å². The number of aryl methyl sites for hydroxylation is 4. The molecular weight excluding hydrogens is 929 g/mol. The Morgan fingerprint density at radius 2 is 0.905 bits per heavy atom. The van der Waals surface area contributed by atoms with Crippen LogP contribution < -0.4 is 0 Å². The third-order valence-corrected chi connectivity index (χ3v) is 15.8. The second-order valence-electron chi connectivity index (χ2n) is 20.3. The van der Waals surface area contributed by atoms with Crippen LogP contribution >= 0.6 is 0 Å². The van der Waals surface area contributed by atoms with Gasteiger partial charge in [0.2, 0.25) is 11.8 Å². The Hall–Kier alpha value is -7.74. The van der Waals surface area contributed by atoms with E-state index in [1.54, 1.807) is 9.80 Å². The smallest absolute Gasteiger partial charge is 0.410 e. The van der Waals surface area contributed by atoms with Crippen LogP contribution in [0.15, 0.2) is 123 Å². The summed E-state index contributed by atoms with van der Waals surface area (Å²) in [6.45, 7) is 9.79. The maximum atomic E-state index is 13.9. The summed E-state index contributed by atoms with van der Waals surface area (Å²) in [6.07, 6.45) is 15.6. The highest BCUT2D eigenvalue weighted by atomic mass is 16.6. The average Bonchev–Trinajstić information content (AvgIpc) is 4.30. The van der Waals surface area contributed by atoms with Crippen LogP contribution in [0.25, 0.3) is 44.8 Å². The Kier molecular flexibility index (Phi) is 14.0. The lowest BCUT2D eigenvalue weighted by Crippen LogP contribution is -2.47. The van der Waals surface area contributed by atoms with Crippen molar-refractivity contribution in [3.05, 3.63) is 157 Å². The fourth-order valence-electron chi connectivity index (χ4n) is 12.0. The van der Waals surface area contributed by atoms with Crippen molar-refractivity contribution < 1.29 is 28.7 Å². The molecule has 74 heavy (non-hydrogen) atoms. The number of rotatable bonds is 12. The predicted molar refractivity (Wildman–Crippen MR) is 284 cm³/mol. The number of hydrogen-bond donors (Lipinski definition) is 2. The summed E-state index contributed by atoms with van der Waals surface area (Å²) in [6, 6.07) is 30.0. The zero-order valence-corrected chi connectivity index (χ0v) is 42.0. The summed E-state index contributed by atoms with van der Waals surface area (Å²) >= 11 is 0. The van der Waals surface area contributed by atoms with Crippen LogP contribution in [-0.2, 0) is 44.7 Å². The fourth-order valence-corrected chi connectivity index (χ4v) is 12.0. The van der Waals surface area contributed by atoms with Crippen LogP contribution in [0.3, 0.4) is 0 Å². The number of carbonyl (C=O) groups excluding carboxylic acids is 4. The van der Waals surface area contributed by atoms with E-state index in [0.29, 0.717) is 39.0 Å². The molecule has 4 aliphatic heterocycles. The molecule has 14 heteroatoms. The first kappa shape index (κ1) is 48.5. The van der Waals surface area contributed by atoms with Crippen molar-refractivity contribution in [2.45, 2.75) is 101 Å². The van der Waals surface area contributed by atoms with E-state index in [9.17, 15) is 19.2 Å². The zero-order valence-electron chi connectivity index (χ0n) is 42.0. The van der Waals surface area contributed by atoms with Gasteiger partial charge < -0.3 is 29.2 Å². The molecule has 2 aromatic heterocycles. The predicted octanol–water partition coefficient (Wildman–Crippen LogP) is 10.6. The number of aromatic nitrogens is 4. The normalized spacial score (nSPS) is 20.4. The number of nitrogens with zero attached hydrogens (tertiary/aromatic N) is 6. The number of imidazole rings is 2. The molecule has 4 atom stereocenters. The average molecular weight is 993 g/mol. The molecule has 380 valence electrons. The molecule has 0 unspecified atom stereocenters. The van der Waals surface area contributed by atoms with Crippen LogP contribution in [0.5, 0.6) is 0 Å². The highest BCUT2D eigenvalue weighted by Gasteiger charge is 2.43. The van der Waals surface area contributed by atoms with Gasteiger partial charge in [-0.1, -0.05) is 110 Å². The lowest BCUT2D eigenvalue weighted by Gasteiger charge is -2.30. The molecule has 4 fully saturated rings. The maximum absolute atomic E-state index is 13.9. The number of aromatic amines is 2. The number of benzene rings is 4. The van der Waals surface area contributed by atoms with Gasteiger partial charge in [-0.15, -0.1) is 0 Å². The molecule has 4 saturated heterocycles. The van der Waals surface area contributed by atoms with E-state index in [4.69, 9.17) is 19.4 Å². The second kappa shape index (κ2) is 21.4. The standard InChI is InChI=1S/C60H64N8O6/c1-3-33-73-59(71)67-31-7-11-53(67)57(69)65-29-5-9-51(65)55-61-37-49(63-55)45-25-21-43(22-26-45)47-35-39-13-17-41(47)19-15-40-14-18-42(20-16-39)48(36-40)44-23-27-46(28-24-44)50-38-62-56(64-50)52-10-6-30-66(52)58(70)54-12-8-32-68(54)60(72)74-34-4-2/h3-4,13-14,17-18,21-28,35-38,51-54H,1-2,5-12,15-16,19-20,29-34H2,(H,61,63)(H,62,64)/t51-,52-,53-,54-/m0/s1. The number of carbonyl (C=O) groups is 4. The summed E-state index contributed by atoms with van der Waals surface area (Å²) in [5.41, 5.74) is 14.0. The van der Waals surface area contributed by atoms with Gasteiger partial charge in [-0.25, -0.2) is 19.6 Å². The first-order chi connectivity index (χ1) is 36.2. The molecule has 4 aromatic carbocycles. The fraction of sp³-hybridized carbons (Fsp3) is 0.367. The molecular formula is C60H64N8O6. The molecule has 4 bridgehead atoms. The van der Waals surface area contributed by atoms with Gasteiger partial charge in [-0.3, -0.25) is 19.4 Å². The maximum Gasteiger partial charge on any atom is 0.410 e. The van der Waals surface area contributed by atoms with Crippen LogP contribution in [0, 0.1) is 0 Å². The van der Waals surface area contributed by atoms with E-state index in [1.165, 1.54) is 56.7 Å². The van der Waals surface area contributed by atoms with E-state index in [0.717, 1.165) is 98.4 Å². The van der Waals surface area contributed by atoms with E-state index < -0.39 is 24.3 Å². The Bertz CT molecular complexity index is 2860. The Labute approximate surface area is 432 Å². The third kappa shape index (κ3) is 9.77. The monoisotopic (exact) mass is 992 g/mol. The second-order valence-corrected chi connectivity index (χ2v) is 20.3. The lowest BCUT2D eigenvalue weighted by atomic mass is 9.87. The topological polar surface area (TPSA) is 157 Å². The number of ether oxygens (including phenoxy) is 2. The van der Waals surface area contributed by atoms with Crippen LogP contribution in [-0.4, -0.2) is 115 Å². The minimum absolute atomic E-state index is 0.0408. The van der Waals surface area contributed by atoms with E-state index >= 15 is 0 Å². The summed E-state index contributed by atoms with van der Waals surface area (Å²) in [5.74, 6) is 1.45. The van der Waals surface area contributed by atoms with Crippen molar-refractivity contribution in [1.29, 1.82) is 0 Å². The van der Waals surface area contributed by atoms with Gasteiger partial charge >= 0.3 is 12.2 Å². The van der Waals surface area contributed by atoms with Crippen molar-refractivity contribution in [3.63, 3.8) is 0 Å². The lowest BCUT2D eigenvalue weighted by molar-refractivity contribution is -0.137. The van der Waals surface area contributed by atoms with Crippen molar-refractivity contribution in [1.82, 2.24) is 39.5 Å². The van der Waals surface area contributed by atoms with Crippen molar-refractivity contribution >= 4 is 24.0 Å². The highest BCUT2D eigenvalue weighted by Crippen LogP contribution is 2.38. The summed E-state index contributed by atoms with van der Waals surface area (Å²) in [5, 5.41) is 0. The van der Waals surface area contributed by atoms with Gasteiger partial charge in [-0.05, 0) is 133 Å². The Morgan fingerprint density at radius 1 is 0.514 bits per heavy atom. The minimum atomic E-state index is -0.523. The minimum Gasteiger partial charge on any atom is -0.445 e. The van der Waals surface area contributed by atoms with E-state index in [1.807, 2.05) is 22.2 Å². The highest BCUT2D eigenvalue weighted by molar-refractivity contribution is 5.88. The summed E-state index contributed by atoms with van der Waals surface area (Å²) in [7, 11) is 0. The third-order valence-electron chi connectivity index (χ3n) is 15.8. The van der Waals surface area contributed by atoms with Crippen molar-refractivity contribution in [2.24, 2.45) is 0 Å². The number of amides is 4. The molecule has 8 aliphatic rings. The van der Waals surface area contributed by atoms with Crippen molar-refractivity contribution in [3.8, 4) is 44.8 Å². The van der Waals surface area contributed by atoms with Crippen LogP contribution in [0.4, 0.5) is 9.59 Å². The number of H-pyrrole nitrogens is 2. The number of hydrogen-bond acceptors (Lipinski definition) is 8. The molecule has 6 aromatic rings. The van der Waals surface area contributed by atoms with Gasteiger partial charge in [0.1, 0.15) is 36.9 Å². The first-order valence-electron chi connectivity index (χ1n) is 26.5. The number of nitrogens with one attached hydrogen (secondary N) is 2. The quantitative estimate of drug-likeness (QED) is 0.115. The Morgan fingerprint density at radius 3 is 1.32 bits per heavy atom. The molecule has 0 spiro atoms. The van der Waals surface area contributed by atoms with Crippen molar-refractivity contribution in [2.75, 3.05) is 39.4 Å². The van der Waals surface area contributed by atoms with E-state index in [-0.39, 0.29) is 37.1 Å². The number of likely N-dealkylation sites (tertiary alicyclic amines) is 4. The van der Waals surface area contributed by atoms with Crippen LogP contribution in [0.2, 0.25) is 0 Å². The van der Waals surface area contributed by atoms with Gasteiger partial charge in [0, 0.05) is 26.2 Å². The summed E-state index contributed by atoms with van der Waals surface area (Å²) < 4.78 is 10.6. The molecule has 4 amide bonds. The summed E-state index contributed by atoms with van der Waals surface area (Å²) in [4.78, 5) is 76.9. The zero-order chi connectivity index (χ0) is 50.7. The first-order valence-corrected chi connectivity index (χ1v) is 26.5. The molecule has 4 aliphatic carbocycles. The molecule has 14 nitrogen and oxygen atoms in total. The Balaban J connectivity index is 0.746. The van der Waals surface area contributed by atoms with Gasteiger partial charge in [0.05, 0.1) is 35.9 Å². The molecule has 2 N–H and O–H groups in total.